The Labute approximate surface area is 141 Å². The van der Waals surface area contributed by atoms with Crippen LogP contribution in [0.1, 0.15) is 32.3 Å². The first kappa shape index (κ1) is 19.5. The third kappa shape index (κ3) is 8.17. The van der Waals surface area contributed by atoms with Gasteiger partial charge in [0.05, 0.1) is 6.42 Å². The van der Waals surface area contributed by atoms with Gasteiger partial charge in [-0.15, -0.1) is 0 Å². The summed E-state index contributed by atoms with van der Waals surface area (Å²) in [5.41, 5.74) is 5.96. The molecule has 1 atom stereocenters. The lowest BCUT2D eigenvalue weighted by Gasteiger charge is -2.17. The molecule has 132 valence electrons. The van der Waals surface area contributed by atoms with Gasteiger partial charge in [-0.25, -0.2) is 4.79 Å². The SMILES string of the molecule is CC(C)CCNC(=O)[C@H](CC(N)=O)NC(=O)OCc1ccccc1. The Morgan fingerprint density at radius 2 is 1.83 bits per heavy atom. The minimum atomic E-state index is -1.04. The van der Waals surface area contributed by atoms with Gasteiger partial charge in [0, 0.05) is 6.54 Å². The lowest BCUT2D eigenvalue weighted by atomic mass is 10.1. The Morgan fingerprint density at radius 1 is 1.17 bits per heavy atom. The highest BCUT2D eigenvalue weighted by Crippen LogP contribution is 2.02. The third-order valence-electron chi connectivity index (χ3n) is 3.25. The lowest BCUT2D eigenvalue weighted by molar-refractivity contribution is -0.127. The number of carbonyl (C=O) groups is 3. The average molecular weight is 335 g/mol. The summed E-state index contributed by atoms with van der Waals surface area (Å²) in [4.78, 5) is 35.0. The van der Waals surface area contributed by atoms with Crippen LogP contribution in [0.25, 0.3) is 0 Å². The normalized spacial score (nSPS) is 11.6. The largest absolute Gasteiger partial charge is 0.445 e. The number of hydrogen-bond donors (Lipinski definition) is 3. The fourth-order valence-corrected chi connectivity index (χ4v) is 1.92. The van der Waals surface area contributed by atoms with Gasteiger partial charge in [0.2, 0.25) is 11.8 Å². The second-order valence-corrected chi connectivity index (χ2v) is 5.90. The molecule has 0 heterocycles. The molecule has 0 spiro atoms. The second kappa shape index (κ2) is 10.3. The van der Waals surface area contributed by atoms with Crippen molar-refractivity contribution in [2.24, 2.45) is 11.7 Å². The molecule has 0 bridgehead atoms. The van der Waals surface area contributed by atoms with E-state index in [0.717, 1.165) is 12.0 Å². The minimum absolute atomic E-state index is 0.0743. The van der Waals surface area contributed by atoms with E-state index in [4.69, 9.17) is 10.5 Å². The van der Waals surface area contributed by atoms with Crippen LogP contribution in [-0.2, 0) is 20.9 Å². The van der Waals surface area contributed by atoms with E-state index in [1.54, 1.807) is 0 Å². The molecule has 7 nitrogen and oxygen atoms in total. The Morgan fingerprint density at radius 3 is 2.42 bits per heavy atom. The van der Waals surface area contributed by atoms with Gasteiger partial charge in [-0.1, -0.05) is 44.2 Å². The first-order valence-electron chi connectivity index (χ1n) is 7.91. The number of primary amides is 1. The van der Waals surface area contributed by atoms with E-state index >= 15 is 0 Å². The van der Waals surface area contributed by atoms with E-state index in [1.807, 2.05) is 44.2 Å². The molecule has 0 aliphatic carbocycles. The Balaban J connectivity index is 2.49. The van der Waals surface area contributed by atoms with Gasteiger partial charge in [0.1, 0.15) is 12.6 Å². The predicted molar refractivity (Wildman–Crippen MR) is 89.8 cm³/mol. The van der Waals surface area contributed by atoms with Crippen molar-refractivity contribution >= 4 is 17.9 Å². The number of nitrogens with two attached hydrogens (primary N) is 1. The minimum Gasteiger partial charge on any atom is -0.445 e. The van der Waals surface area contributed by atoms with Crippen LogP contribution < -0.4 is 16.4 Å². The van der Waals surface area contributed by atoms with Crippen molar-refractivity contribution < 1.29 is 19.1 Å². The Kier molecular flexibility index (Phi) is 8.32. The quantitative estimate of drug-likeness (QED) is 0.632. The molecular weight excluding hydrogens is 310 g/mol. The number of rotatable bonds is 9. The van der Waals surface area contributed by atoms with Crippen LogP contribution in [0.15, 0.2) is 30.3 Å². The predicted octanol–water partition coefficient (Wildman–Crippen LogP) is 1.32. The van der Waals surface area contributed by atoms with Crippen molar-refractivity contribution in [2.75, 3.05) is 6.54 Å². The summed E-state index contributed by atoms with van der Waals surface area (Å²) >= 11 is 0. The summed E-state index contributed by atoms with van der Waals surface area (Å²) in [6, 6.07) is 8.09. The van der Waals surface area contributed by atoms with Crippen molar-refractivity contribution in [1.82, 2.24) is 10.6 Å². The van der Waals surface area contributed by atoms with Crippen LogP contribution in [0.3, 0.4) is 0 Å². The average Bonchev–Trinajstić information content (AvgIpc) is 2.52. The van der Waals surface area contributed by atoms with Gasteiger partial charge in [0.15, 0.2) is 0 Å². The Hall–Kier alpha value is -2.57. The monoisotopic (exact) mass is 335 g/mol. The van der Waals surface area contributed by atoms with Gasteiger partial charge in [-0.3, -0.25) is 9.59 Å². The van der Waals surface area contributed by atoms with Crippen LogP contribution in [-0.4, -0.2) is 30.5 Å². The molecule has 1 aromatic rings. The third-order valence-corrected chi connectivity index (χ3v) is 3.25. The molecule has 1 aromatic carbocycles. The van der Waals surface area contributed by atoms with Crippen LogP contribution in [0.2, 0.25) is 0 Å². The van der Waals surface area contributed by atoms with Gasteiger partial charge in [-0.05, 0) is 17.9 Å². The topological polar surface area (TPSA) is 111 Å². The van der Waals surface area contributed by atoms with E-state index < -0.39 is 23.9 Å². The molecule has 24 heavy (non-hydrogen) atoms. The van der Waals surface area contributed by atoms with E-state index in [-0.39, 0.29) is 13.0 Å². The fourth-order valence-electron chi connectivity index (χ4n) is 1.92. The zero-order chi connectivity index (χ0) is 17.9. The molecular formula is C17H25N3O4. The number of carbonyl (C=O) groups excluding carboxylic acids is 3. The molecule has 4 N–H and O–H groups in total. The summed E-state index contributed by atoms with van der Waals surface area (Å²) < 4.78 is 5.05. The van der Waals surface area contributed by atoms with Crippen molar-refractivity contribution in [3.05, 3.63) is 35.9 Å². The molecule has 0 aliphatic heterocycles. The zero-order valence-electron chi connectivity index (χ0n) is 14.1. The summed E-state index contributed by atoms with van der Waals surface area (Å²) in [6.45, 7) is 4.61. The highest BCUT2D eigenvalue weighted by molar-refractivity contribution is 5.90. The maximum absolute atomic E-state index is 12.1. The molecule has 0 saturated carbocycles. The molecule has 0 radical (unpaired) electrons. The molecule has 3 amide bonds. The summed E-state index contributed by atoms with van der Waals surface area (Å²) in [5.74, 6) is -0.697. The first-order chi connectivity index (χ1) is 11.4. The first-order valence-corrected chi connectivity index (χ1v) is 7.91. The molecule has 0 aliphatic rings. The van der Waals surface area contributed by atoms with Crippen molar-refractivity contribution in [3.8, 4) is 0 Å². The maximum atomic E-state index is 12.1. The van der Waals surface area contributed by atoms with Crippen molar-refractivity contribution in [3.63, 3.8) is 0 Å². The molecule has 1 rings (SSSR count). The van der Waals surface area contributed by atoms with Crippen molar-refractivity contribution in [2.45, 2.75) is 39.3 Å². The molecule has 0 saturated heterocycles. The van der Waals surface area contributed by atoms with Crippen LogP contribution in [0, 0.1) is 5.92 Å². The number of benzene rings is 1. The van der Waals surface area contributed by atoms with Crippen molar-refractivity contribution in [1.29, 1.82) is 0 Å². The lowest BCUT2D eigenvalue weighted by Crippen LogP contribution is -2.49. The number of nitrogens with one attached hydrogen (secondary N) is 2. The highest BCUT2D eigenvalue weighted by Gasteiger charge is 2.23. The van der Waals surface area contributed by atoms with Crippen LogP contribution in [0.5, 0.6) is 0 Å². The van der Waals surface area contributed by atoms with Gasteiger partial charge in [-0.2, -0.15) is 0 Å². The fraction of sp³-hybridized carbons (Fsp3) is 0.471. The number of amides is 3. The summed E-state index contributed by atoms with van der Waals surface area (Å²) in [6.07, 6.45) is -0.259. The zero-order valence-corrected chi connectivity index (χ0v) is 14.1. The number of alkyl carbamates (subject to hydrolysis) is 1. The van der Waals surface area contributed by atoms with Crippen LogP contribution in [0.4, 0.5) is 4.79 Å². The van der Waals surface area contributed by atoms with Gasteiger partial charge >= 0.3 is 6.09 Å². The van der Waals surface area contributed by atoms with Gasteiger partial charge < -0.3 is 21.1 Å². The molecule has 7 heteroatoms. The Bertz CT molecular complexity index is 546. The maximum Gasteiger partial charge on any atom is 0.408 e. The number of ether oxygens (including phenoxy) is 1. The molecule has 0 aromatic heterocycles. The smallest absolute Gasteiger partial charge is 0.408 e. The van der Waals surface area contributed by atoms with E-state index in [2.05, 4.69) is 10.6 Å². The van der Waals surface area contributed by atoms with E-state index in [0.29, 0.717) is 12.5 Å². The second-order valence-electron chi connectivity index (χ2n) is 5.90. The van der Waals surface area contributed by atoms with E-state index in [9.17, 15) is 14.4 Å². The molecule has 0 unspecified atom stereocenters. The molecule has 0 fully saturated rings. The summed E-state index contributed by atoms with van der Waals surface area (Å²) in [5, 5.41) is 5.06. The standard InChI is InChI=1S/C17H25N3O4/c1-12(2)8-9-19-16(22)14(10-15(18)21)20-17(23)24-11-13-6-4-3-5-7-13/h3-7,12,14H,8-11H2,1-2H3,(H2,18,21)(H,19,22)(H,20,23)/t14-/m0/s1. The number of hydrogen-bond acceptors (Lipinski definition) is 4. The van der Waals surface area contributed by atoms with E-state index in [1.165, 1.54) is 0 Å². The summed E-state index contributed by atoms with van der Waals surface area (Å²) in [7, 11) is 0. The van der Waals surface area contributed by atoms with Crippen LogP contribution >= 0.6 is 0 Å². The highest BCUT2D eigenvalue weighted by atomic mass is 16.5. The van der Waals surface area contributed by atoms with Gasteiger partial charge in [0.25, 0.3) is 0 Å².